The predicted molar refractivity (Wildman–Crippen MR) is 131 cm³/mol. The first-order chi connectivity index (χ1) is 18.1. The number of hydrogen-bond acceptors (Lipinski definition) is 11. The average molecular weight is 521 g/mol. The third kappa shape index (κ3) is 6.72. The fourth-order valence-corrected chi connectivity index (χ4v) is 3.25. The summed E-state index contributed by atoms with van der Waals surface area (Å²) >= 11 is 0. The molecule has 4 rings (SSSR count). The van der Waals surface area contributed by atoms with Gasteiger partial charge in [-0.2, -0.15) is 0 Å². The molecule has 2 amide bonds. The van der Waals surface area contributed by atoms with Gasteiger partial charge in [0.15, 0.2) is 0 Å². The molecule has 0 bridgehead atoms. The summed E-state index contributed by atoms with van der Waals surface area (Å²) in [4.78, 5) is 65.5. The smallest absolute Gasteiger partial charge is 0.444 e. The number of hydrogen-bond donors (Lipinski definition) is 2. The molecule has 0 saturated carbocycles. The maximum absolute atomic E-state index is 13.1. The van der Waals surface area contributed by atoms with Crippen molar-refractivity contribution in [3.63, 3.8) is 0 Å². The third-order valence-corrected chi connectivity index (χ3v) is 4.79. The largest absolute Gasteiger partial charge is 0.546 e. The minimum atomic E-state index is -1.29. The lowest BCUT2D eigenvalue weighted by Crippen LogP contribution is -2.40. The number of nitrogens with one attached hydrogen (secondary N) is 2. The topological polar surface area (TPSA) is 158 Å². The monoisotopic (exact) mass is 521 g/mol. The van der Waals surface area contributed by atoms with E-state index in [-0.39, 0.29) is 5.95 Å². The Bertz CT molecular complexity index is 1330. The molecule has 2 N–H and O–H groups in total. The summed E-state index contributed by atoms with van der Waals surface area (Å²) in [7, 11) is 0. The molecule has 1 saturated heterocycles. The van der Waals surface area contributed by atoms with E-state index in [9.17, 15) is 19.2 Å². The van der Waals surface area contributed by atoms with Crippen molar-refractivity contribution in [3.8, 4) is 11.3 Å². The lowest BCUT2D eigenvalue weighted by atomic mass is 10.1. The molecule has 38 heavy (non-hydrogen) atoms. The second kappa shape index (κ2) is 10.8. The van der Waals surface area contributed by atoms with E-state index in [0.29, 0.717) is 27.7 Å². The highest BCUT2D eigenvalue weighted by atomic mass is 17.1. The Kier molecular flexibility index (Phi) is 7.37. The molecule has 1 aliphatic rings. The number of rotatable bonds is 6. The number of cyclic esters (lactones) is 2. The number of benzene rings is 2. The maximum atomic E-state index is 13.1. The Morgan fingerprint density at radius 2 is 1.61 bits per heavy atom. The van der Waals surface area contributed by atoms with E-state index in [4.69, 9.17) is 4.74 Å². The van der Waals surface area contributed by atoms with Crippen molar-refractivity contribution in [2.75, 3.05) is 10.5 Å². The second-order valence-electron chi connectivity index (χ2n) is 8.84. The summed E-state index contributed by atoms with van der Waals surface area (Å²) in [6.45, 7) is 5.19. The van der Waals surface area contributed by atoms with Crippen LogP contribution in [-0.2, 0) is 23.9 Å². The molecule has 1 aliphatic heterocycles. The summed E-state index contributed by atoms with van der Waals surface area (Å²) in [5, 5.41) is 5.83. The Hall–Kier alpha value is -5.20. The minimum absolute atomic E-state index is 0.219. The summed E-state index contributed by atoms with van der Waals surface area (Å²) in [5.41, 5.74) is 1.31. The SMILES string of the molecule is CC(C)(C)OC(=O)N[C@@H](C(=O)Nc1ccc(-c2ccnc(N3OC(=O)OC(=O)O3)n2)cc1)c1ccccc1. The van der Waals surface area contributed by atoms with E-state index in [0.717, 1.165) is 0 Å². The fourth-order valence-electron chi connectivity index (χ4n) is 3.25. The van der Waals surface area contributed by atoms with Gasteiger partial charge < -0.3 is 20.1 Å². The Balaban J connectivity index is 1.48. The molecular formula is C25H23N5O8. The van der Waals surface area contributed by atoms with Crippen LogP contribution in [0.25, 0.3) is 11.3 Å². The quantitative estimate of drug-likeness (QED) is 0.352. The summed E-state index contributed by atoms with van der Waals surface area (Å²) in [6.07, 6.45) is -1.93. The number of amides is 2. The minimum Gasteiger partial charge on any atom is -0.444 e. The van der Waals surface area contributed by atoms with Crippen molar-refractivity contribution in [3.05, 3.63) is 72.4 Å². The number of ether oxygens (including phenoxy) is 2. The van der Waals surface area contributed by atoms with Crippen molar-refractivity contribution < 1.29 is 38.3 Å². The van der Waals surface area contributed by atoms with E-state index in [2.05, 4.69) is 35.0 Å². The lowest BCUT2D eigenvalue weighted by molar-refractivity contribution is -0.118. The zero-order valence-corrected chi connectivity index (χ0v) is 20.5. The molecule has 0 spiro atoms. The molecule has 0 radical (unpaired) electrons. The molecule has 3 aromatic rings. The first-order valence-electron chi connectivity index (χ1n) is 11.3. The molecule has 0 aliphatic carbocycles. The molecule has 196 valence electrons. The van der Waals surface area contributed by atoms with Crippen molar-refractivity contribution >= 4 is 35.9 Å². The van der Waals surface area contributed by atoms with Gasteiger partial charge in [-0.25, -0.2) is 24.4 Å². The average Bonchev–Trinajstić information content (AvgIpc) is 2.87. The van der Waals surface area contributed by atoms with Crippen LogP contribution in [0.4, 0.5) is 26.0 Å². The number of carbonyl (C=O) groups excluding carboxylic acids is 4. The maximum Gasteiger partial charge on any atom is 0.546 e. The zero-order chi connectivity index (χ0) is 27.3. The Labute approximate surface area is 216 Å². The van der Waals surface area contributed by atoms with Gasteiger partial charge in [0.1, 0.15) is 11.6 Å². The summed E-state index contributed by atoms with van der Waals surface area (Å²) < 4.78 is 9.41. The van der Waals surface area contributed by atoms with Crippen LogP contribution in [0.2, 0.25) is 0 Å². The Morgan fingerprint density at radius 3 is 2.24 bits per heavy atom. The molecular weight excluding hydrogens is 498 g/mol. The van der Waals surface area contributed by atoms with Gasteiger partial charge >= 0.3 is 24.4 Å². The van der Waals surface area contributed by atoms with Gasteiger partial charge in [0.05, 0.1) is 5.69 Å². The van der Waals surface area contributed by atoms with Crippen LogP contribution in [0.5, 0.6) is 0 Å². The molecule has 2 heterocycles. The third-order valence-electron chi connectivity index (χ3n) is 4.79. The second-order valence-corrected chi connectivity index (χ2v) is 8.84. The standard InChI is InChI=1S/C25H23N5O8/c1-25(2,3)36-22(32)29-19(16-7-5-4-6-8-16)20(31)27-17-11-9-15(10-12-17)18-13-14-26-21(28-18)30-37-23(33)35-24(34)38-30/h4-14,19H,1-3H3,(H,27,31)(H,29,32)/t19-/m1/s1. The van der Waals surface area contributed by atoms with E-state index < -0.39 is 36.0 Å². The van der Waals surface area contributed by atoms with Crippen LogP contribution in [0.1, 0.15) is 32.4 Å². The fraction of sp³-hybridized carbons (Fsp3) is 0.200. The highest BCUT2D eigenvalue weighted by Crippen LogP contribution is 2.24. The highest BCUT2D eigenvalue weighted by Gasteiger charge is 2.31. The van der Waals surface area contributed by atoms with Gasteiger partial charge in [-0.3, -0.25) is 14.5 Å². The van der Waals surface area contributed by atoms with E-state index in [1.165, 1.54) is 6.20 Å². The molecule has 1 atom stereocenters. The van der Waals surface area contributed by atoms with E-state index in [1.807, 2.05) is 0 Å². The van der Waals surface area contributed by atoms with Crippen LogP contribution in [0, 0.1) is 0 Å². The number of nitrogens with zero attached hydrogens (tertiary/aromatic N) is 3. The van der Waals surface area contributed by atoms with Gasteiger partial charge in [0.2, 0.25) is 0 Å². The predicted octanol–water partition coefficient (Wildman–Crippen LogP) is 4.29. The number of aromatic nitrogens is 2. The van der Waals surface area contributed by atoms with Crippen LogP contribution in [0.15, 0.2) is 66.9 Å². The van der Waals surface area contributed by atoms with Crippen molar-refractivity contribution in [2.24, 2.45) is 0 Å². The van der Waals surface area contributed by atoms with Crippen LogP contribution in [0.3, 0.4) is 0 Å². The zero-order valence-electron chi connectivity index (χ0n) is 20.5. The molecule has 13 nitrogen and oxygen atoms in total. The van der Waals surface area contributed by atoms with Crippen molar-refractivity contribution in [1.82, 2.24) is 15.3 Å². The van der Waals surface area contributed by atoms with Gasteiger partial charge in [-0.05, 0) is 44.5 Å². The summed E-state index contributed by atoms with van der Waals surface area (Å²) in [6, 6.07) is 16.0. The molecule has 1 fully saturated rings. The van der Waals surface area contributed by atoms with E-state index >= 15 is 0 Å². The van der Waals surface area contributed by atoms with Crippen molar-refractivity contribution in [1.29, 1.82) is 0 Å². The van der Waals surface area contributed by atoms with Crippen LogP contribution in [-0.4, -0.2) is 39.9 Å². The van der Waals surface area contributed by atoms with Crippen molar-refractivity contribution in [2.45, 2.75) is 32.4 Å². The van der Waals surface area contributed by atoms with E-state index in [1.54, 1.807) is 81.4 Å². The van der Waals surface area contributed by atoms with Crippen LogP contribution >= 0.6 is 0 Å². The van der Waals surface area contributed by atoms with Gasteiger partial charge in [-0.15, -0.1) is 0 Å². The first-order valence-corrected chi connectivity index (χ1v) is 11.3. The lowest BCUT2D eigenvalue weighted by Gasteiger charge is -2.23. The van der Waals surface area contributed by atoms with Gasteiger partial charge in [0.25, 0.3) is 5.91 Å². The number of anilines is 2. The van der Waals surface area contributed by atoms with Gasteiger partial charge in [0, 0.05) is 22.7 Å². The first kappa shape index (κ1) is 25.9. The molecule has 0 unspecified atom stereocenters. The normalized spacial score (nSPS) is 13.9. The number of alkyl carbamates (subject to hydrolysis) is 1. The molecule has 2 aromatic carbocycles. The van der Waals surface area contributed by atoms with Gasteiger partial charge in [-0.1, -0.05) is 42.5 Å². The number of carbonyl (C=O) groups is 4. The molecule has 1 aromatic heterocycles. The van der Waals surface area contributed by atoms with Crippen LogP contribution < -0.4 is 15.9 Å². The Morgan fingerprint density at radius 1 is 0.947 bits per heavy atom. The highest BCUT2D eigenvalue weighted by molar-refractivity contribution is 5.97. The molecule has 13 heteroatoms. The summed E-state index contributed by atoms with van der Waals surface area (Å²) in [5.74, 6) is -0.695.